The molecule has 0 spiro atoms. The fourth-order valence-corrected chi connectivity index (χ4v) is 3.19. The molecule has 0 aliphatic carbocycles. The van der Waals surface area contributed by atoms with Crippen molar-refractivity contribution in [3.05, 3.63) is 45.9 Å². The lowest BCUT2D eigenvalue weighted by atomic mass is 10.0. The molecular weight excluding hydrogens is 332 g/mol. The average Bonchev–Trinajstić information content (AvgIpc) is 3.09. The molecule has 0 amide bonds. The highest BCUT2D eigenvalue weighted by molar-refractivity contribution is 7.11. The summed E-state index contributed by atoms with van der Waals surface area (Å²) in [5.74, 6) is 2.16. The van der Waals surface area contributed by atoms with Gasteiger partial charge in [0.05, 0.1) is 13.1 Å². The summed E-state index contributed by atoms with van der Waals surface area (Å²) >= 11 is 1.73. The molecular formula is C19H28N4OS. The van der Waals surface area contributed by atoms with Crippen molar-refractivity contribution in [1.29, 1.82) is 0 Å². The molecule has 0 fully saturated rings. The van der Waals surface area contributed by atoms with Crippen LogP contribution in [0.25, 0.3) is 0 Å². The summed E-state index contributed by atoms with van der Waals surface area (Å²) in [6.45, 7) is 8.44. The van der Waals surface area contributed by atoms with E-state index in [0.29, 0.717) is 25.6 Å². The predicted octanol–water partition coefficient (Wildman–Crippen LogP) is 3.57. The quantitative estimate of drug-likeness (QED) is 0.429. The zero-order valence-electron chi connectivity index (χ0n) is 15.5. The minimum Gasteiger partial charge on any atom is -0.491 e. The van der Waals surface area contributed by atoms with Gasteiger partial charge in [0.1, 0.15) is 17.4 Å². The van der Waals surface area contributed by atoms with Crippen LogP contribution in [0.15, 0.2) is 35.5 Å². The van der Waals surface area contributed by atoms with Crippen LogP contribution in [0, 0.1) is 0 Å². The van der Waals surface area contributed by atoms with Crippen molar-refractivity contribution < 1.29 is 4.74 Å². The molecule has 1 aromatic carbocycles. The van der Waals surface area contributed by atoms with Gasteiger partial charge in [0.15, 0.2) is 5.96 Å². The van der Waals surface area contributed by atoms with E-state index in [2.05, 4.69) is 53.5 Å². The first-order chi connectivity index (χ1) is 12.1. The lowest BCUT2D eigenvalue weighted by Crippen LogP contribution is -2.38. The van der Waals surface area contributed by atoms with Crippen LogP contribution >= 0.6 is 11.3 Å². The maximum absolute atomic E-state index is 5.92. The van der Waals surface area contributed by atoms with Gasteiger partial charge in [0.25, 0.3) is 0 Å². The third kappa shape index (κ3) is 6.05. The second kappa shape index (κ2) is 10.0. The number of guanidine groups is 1. The van der Waals surface area contributed by atoms with Crippen molar-refractivity contribution in [2.24, 2.45) is 4.99 Å². The number of nitrogens with one attached hydrogen (secondary N) is 2. The van der Waals surface area contributed by atoms with E-state index in [-0.39, 0.29) is 0 Å². The van der Waals surface area contributed by atoms with Crippen LogP contribution in [0.4, 0.5) is 0 Å². The zero-order valence-corrected chi connectivity index (χ0v) is 16.3. The van der Waals surface area contributed by atoms with Crippen LogP contribution in [-0.2, 0) is 13.0 Å². The van der Waals surface area contributed by atoms with Crippen molar-refractivity contribution in [2.75, 3.05) is 20.2 Å². The molecule has 1 heterocycles. The second-order valence-electron chi connectivity index (χ2n) is 5.97. The summed E-state index contributed by atoms with van der Waals surface area (Å²) in [6.07, 6.45) is 2.97. The largest absolute Gasteiger partial charge is 0.491 e. The number of benzene rings is 1. The number of aromatic nitrogens is 1. The number of thiazole rings is 1. The predicted molar refractivity (Wildman–Crippen MR) is 106 cm³/mol. The Hall–Kier alpha value is -2.08. The van der Waals surface area contributed by atoms with Crippen molar-refractivity contribution in [3.8, 4) is 5.75 Å². The van der Waals surface area contributed by atoms with Gasteiger partial charge >= 0.3 is 0 Å². The highest BCUT2D eigenvalue weighted by Crippen LogP contribution is 2.25. The first-order valence-electron chi connectivity index (χ1n) is 8.73. The van der Waals surface area contributed by atoms with Gasteiger partial charge in [-0.05, 0) is 24.0 Å². The molecule has 0 aliphatic heterocycles. The Balaban J connectivity index is 1.74. The fourth-order valence-electron chi connectivity index (χ4n) is 2.39. The van der Waals surface area contributed by atoms with Gasteiger partial charge in [-0.3, -0.25) is 4.99 Å². The van der Waals surface area contributed by atoms with Gasteiger partial charge in [-0.2, -0.15) is 0 Å². The van der Waals surface area contributed by atoms with Gasteiger partial charge in [-0.1, -0.05) is 39.0 Å². The van der Waals surface area contributed by atoms with Crippen molar-refractivity contribution in [2.45, 2.75) is 39.7 Å². The van der Waals surface area contributed by atoms with E-state index in [1.165, 1.54) is 10.4 Å². The first-order valence-corrected chi connectivity index (χ1v) is 9.55. The Morgan fingerprint density at radius 3 is 2.76 bits per heavy atom. The number of para-hydroxylation sites is 1. The van der Waals surface area contributed by atoms with Crippen LogP contribution in [0.1, 0.15) is 42.1 Å². The van der Waals surface area contributed by atoms with Crippen LogP contribution < -0.4 is 15.4 Å². The second-order valence-corrected chi connectivity index (χ2v) is 7.17. The standard InChI is InChI=1S/C19H28N4OS/c1-5-15-12-22-18(25-15)13-23-19(20-4)21-10-11-24-17-9-7-6-8-16(17)14(2)3/h6-9,12,14H,5,10-11,13H2,1-4H3,(H2,20,21,23). The topological polar surface area (TPSA) is 58.5 Å². The molecule has 0 aliphatic rings. The molecule has 0 radical (unpaired) electrons. The number of aryl methyl sites for hydroxylation is 1. The maximum atomic E-state index is 5.92. The first kappa shape index (κ1) is 19.2. The average molecular weight is 361 g/mol. The summed E-state index contributed by atoms with van der Waals surface area (Å²) in [5.41, 5.74) is 1.24. The lowest BCUT2D eigenvalue weighted by Gasteiger charge is -2.15. The molecule has 5 nitrogen and oxygen atoms in total. The molecule has 25 heavy (non-hydrogen) atoms. The molecule has 0 bridgehead atoms. The van der Waals surface area contributed by atoms with Gasteiger partial charge < -0.3 is 15.4 Å². The monoisotopic (exact) mass is 360 g/mol. The highest BCUT2D eigenvalue weighted by atomic mass is 32.1. The normalized spacial score (nSPS) is 11.6. The Morgan fingerprint density at radius 1 is 1.28 bits per heavy atom. The summed E-state index contributed by atoms with van der Waals surface area (Å²) < 4.78 is 5.92. The molecule has 2 rings (SSSR count). The van der Waals surface area contributed by atoms with Gasteiger partial charge in [0.2, 0.25) is 0 Å². The Morgan fingerprint density at radius 2 is 2.08 bits per heavy atom. The molecule has 0 saturated heterocycles. The fraction of sp³-hybridized carbons (Fsp3) is 0.474. The van der Waals surface area contributed by atoms with E-state index in [1.54, 1.807) is 18.4 Å². The van der Waals surface area contributed by atoms with Gasteiger partial charge in [-0.25, -0.2) is 4.98 Å². The van der Waals surface area contributed by atoms with E-state index in [1.807, 2.05) is 18.3 Å². The van der Waals surface area contributed by atoms with Crippen LogP contribution in [0.5, 0.6) is 5.75 Å². The van der Waals surface area contributed by atoms with Crippen LogP contribution in [0.2, 0.25) is 0 Å². The molecule has 2 N–H and O–H groups in total. The van der Waals surface area contributed by atoms with Crippen molar-refractivity contribution >= 4 is 17.3 Å². The van der Waals surface area contributed by atoms with E-state index in [0.717, 1.165) is 23.1 Å². The summed E-state index contributed by atoms with van der Waals surface area (Å²) in [5, 5.41) is 7.62. The highest BCUT2D eigenvalue weighted by Gasteiger charge is 2.07. The van der Waals surface area contributed by atoms with E-state index in [9.17, 15) is 0 Å². The summed E-state index contributed by atoms with van der Waals surface area (Å²) in [4.78, 5) is 9.94. The Bertz CT molecular complexity index is 682. The molecule has 136 valence electrons. The molecule has 1 aromatic heterocycles. The van der Waals surface area contributed by atoms with Crippen molar-refractivity contribution in [3.63, 3.8) is 0 Å². The minimum atomic E-state index is 0.449. The minimum absolute atomic E-state index is 0.449. The van der Waals surface area contributed by atoms with Crippen molar-refractivity contribution in [1.82, 2.24) is 15.6 Å². The SMILES string of the molecule is CCc1cnc(CNC(=NC)NCCOc2ccccc2C(C)C)s1. The number of hydrogen-bond donors (Lipinski definition) is 2. The number of hydrogen-bond acceptors (Lipinski definition) is 4. The van der Waals surface area contributed by atoms with E-state index < -0.39 is 0 Å². The van der Waals surface area contributed by atoms with Gasteiger partial charge in [0, 0.05) is 18.1 Å². The van der Waals surface area contributed by atoms with E-state index in [4.69, 9.17) is 4.74 Å². The zero-order chi connectivity index (χ0) is 18.1. The molecule has 0 unspecified atom stereocenters. The maximum Gasteiger partial charge on any atom is 0.191 e. The molecule has 6 heteroatoms. The third-order valence-corrected chi connectivity index (χ3v) is 4.92. The smallest absolute Gasteiger partial charge is 0.191 e. The molecule has 0 atom stereocenters. The van der Waals surface area contributed by atoms with E-state index >= 15 is 0 Å². The summed E-state index contributed by atoms with van der Waals surface area (Å²) in [6, 6.07) is 8.20. The molecule has 0 saturated carbocycles. The van der Waals surface area contributed by atoms with Crippen LogP contribution in [-0.4, -0.2) is 31.1 Å². The van der Waals surface area contributed by atoms with Crippen LogP contribution in [0.3, 0.4) is 0 Å². The Kier molecular flexibility index (Phi) is 7.73. The number of rotatable bonds is 8. The number of aliphatic imine (C=N–C) groups is 1. The molecule has 2 aromatic rings. The summed E-state index contributed by atoms with van der Waals surface area (Å²) in [7, 11) is 1.77. The number of nitrogens with zero attached hydrogens (tertiary/aromatic N) is 2. The third-order valence-electron chi connectivity index (χ3n) is 3.77. The number of ether oxygens (including phenoxy) is 1. The Labute approximate surface area is 154 Å². The lowest BCUT2D eigenvalue weighted by molar-refractivity contribution is 0.317. The van der Waals surface area contributed by atoms with Gasteiger partial charge in [-0.15, -0.1) is 11.3 Å².